The minimum atomic E-state index is -3.65. The number of aryl methyl sites for hydroxylation is 1. The number of nitrogens with zero attached hydrogens (tertiary/aromatic N) is 1. The SMILES string of the molecule is CCN(CC)S(=O)(=O)c1ccc(C)c(NC(=O)COC(=O)c2ccc(Br)cc2)c1. The topological polar surface area (TPSA) is 92.8 Å². The predicted molar refractivity (Wildman–Crippen MR) is 114 cm³/mol. The molecule has 0 atom stereocenters. The second-order valence-electron chi connectivity index (χ2n) is 6.20. The Balaban J connectivity index is 2.08. The Hall–Kier alpha value is -2.23. The van der Waals surface area contributed by atoms with Crippen LogP contribution in [0.15, 0.2) is 51.8 Å². The molecule has 0 spiro atoms. The molecule has 29 heavy (non-hydrogen) atoms. The zero-order valence-electron chi connectivity index (χ0n) is 16.4. The maximum Gasteiger partial charge on any atom is 0.338 e. The van der Waals surface area contributed by atoms with Crippen LogP contribution in [0.5, 0.6) is 0 Å². The van der Waals surface area contributed by atoms with Gasteiger partial charge in [0, 0.05) is 23.2 Å². The van der Waals surface area contributed by atoms with Crippen molar-refractivity contribution in [3.05, 3.63) is 58.1 Å². The summed E-state index contributed by atoms with van der Waals surface area (Å²) in [6.07, 6.45) is 0. The number of sulfonamides is 1. The van der Waals surface area contributed by atoms with Crippen LogP contribution in [0.2, 0.25) is 0 Å². The van der Waals surface area contributed by atoms with Crippen LogP contribution in [0.4, 0.5) is 5.69 Å². The van der Waals surface area contributed by atoms with Gasteiger partial charge in [0.25, 0.3) is 5.91 Å². The summed E-state index contributed by atoms with van der Waals surface area (Å²) < 4.78 is 32.5. The fourth-order valence-electron chi connectivity index (χ4n) is 2.60. The average molecular weight is 483 g/mol. The number of hydrogen-bond acceptors (Lipinski definition) is 5. The van der Waals surface area contributed by atoms with Crippen LogP contribution in [0.25, 0.3) is 0 Å². The van der Waals surface area contributed by atoms with Gasteiger partial charge in [-0.05, 0) is 48.9 Å². The van der Waals surface area contributed by atoms with E-state index in [1.807, 2.05) is 0 Å². The van der Waals surface area contributed by atoms with Crippen LogP contribution >= 0.6 is 15.9 Å². The molecule has 0 aliphatic carbocycles. The van der Waals surface area contributed by atoms with E-state index in [0.717, 1.165) is 4.47 Å². The molecule has 0 saturated heterocycles. The Morgan fingerprint density at radius 1 is 1.07 bits per heavy atom. The van der Waals surface area contributed by atoms with Crippen molar-refractivity contribution < 1.29 is 22.7 Å². The van der Waals surface area contributed by atoms with E-state index in [1.54, 1.807) is 51.1 Å². The third-order valence-corrected chi connectivity index (χ3v) is 6.82. The highest BCUT2D eigenvalue weighted by atomic mass is 79.9. The van der Waals surface area contributed by atoms with Crippen molar-refractivity contribution in [2.75, 3.05) is 25.0 Å². The van der Waals surface area contributed by atoms with E-state index in [4.69, 9.17) is 4.74 Å². The zero-order valence-corrected chi connectivity index (χ0v) is 18.8. The number of hydrogen-bond donors (Lipinski definition) is 1. The summed E-state index contributed by atoms with van der Waals surface area (Å²) in [7, 11) is -3.65. The molecule has 0 bridgehead atoms. The first-order chi connectivity index (χ1) is 13.7. The lowest BCUT2D eigenvalue weighted by molar-refractivity contribution is -0.119. The summed E-state index contributed by atoms with van der Waals surface area (Å²) in [6.45, 7) is 5.48. The van der Waals surface area contributed by atoms with Gasteiger partial charge in [-0.25, -0.2) is 13.2 Å². The summed E-state index contributed by atoms with van der Waals surface area (Å²) in [6, 6.07) is 11.1. The highest BCUT2D eigenvalue weighted by Gasteiger charge is 2.22. The van der Waals surface area contributed by atoms with Gasteiger partial charge in [-0.2, -0.15) is 4.31 Å². The quantitative estimate of drug-likeness (QED) is 0.580. The van der Waals surface area contributed by atoms with E-state index in [1.165, 1.54) is 16.4 Å². The Kier molecular flexibility index (Phi) is 7.95. The summed E-state index contributed by atoms with van der Waals surface area (Å²) in [5.41, 5.74) is 1.36. The lowest BCUT2D eigenvalue weighted by Crippen LogP contribution is -2.30. The molecule has 2 aromatic carbocycles. The van der Waals surface area contributed by atoms with E-state index in [2.05, 4.69) is 21.2 Å². The predicted octanol–water partition coefficient (Wildman–Crippen LogP) is 3.58. The minimum absolute atomic E-state index is 0.0916. The number of anilines is 1. The van der Waals surface area contributed by atoms with Gasteiger partial charge in [-0.3, -0.25) is 4.79 Å². The highest BCUT2D eigenvalue weighted by molar-refractivity contribution is 9.10. The maximum absolute atomic E-state index is 12.7. The van der Waals surface area contributed by atoms with Crippen molar-refractivity contribution in [1.82, 2.24) is 4.31 Å². The van der Waals surface area contributed by atoms with Gasteiger partial charge in [-0.1, -0.05) is 35.8 Å². The fraction of sp³-hybridized carbons (Fsp3) is 0.300. The molecular weight excluding hydrogens is 460 g/mol. The summed E-state index contributed by atoms with van der Waals surface area (Å²) in [5.74, 6) is -1.18. The van der Waals surface area contributed by atoms with Gasteiger partial charge >= 0.3 is 5.97 Å². The second-order valence-corrected chi connectivity index (χ2v) is 9.05. The smallest absolute Gasteiger partial charge is 0.338 e. The molecule has 0 aromatic heterocycles. The summed E-state index contributed by atoms with van der Waals surface area (Å²) in [4.78, 5) is 24.3. The third kappa shape index (κ3) is 5.88. The van der Waals surface area contributed by atoms with Crippen molar-refractivity contribution in [2.24, 2.45) is 0 Å². The molecule has 0 saturated carbocycles. The molecule has 9 heteroatoms. The van der Waals surface area contributed by atoms with Crippen LogP contribution in [0.3, 0.4) is 0 Å². The molecule has 0 heterocycles. The van der Waals surface area contributed by atoms with Crippen molar-refractivity contribution in [1.29, 1.82) is 0 Å². The molecule has 2 rings (SSSR count). The Labute approximate surface area is 179 Å². The van der Waals surface area contributed by atoms with Crippen molar-refractivity contribution in [3.8, 4) is 0 Å². The van der Waals surface area contributed by atoms with Crippen molar-refractivity contribution in [2.45, 2.75) is 25.7 Å². The molecule has 1 amide bonds. The molecular formula is C20H23BrN2O5S. The Bertz CT molecular complexity index is 986. The number of carbonyl (C=O) groups is 2. The van der Waals surface area contributed by atoms with Crippen molar-refractivity contribution in [3.63, 3.8) is 0 Å². The number of ether oxygens (including phenoxy) is 1. The molecule has 0 aliphatic rings. The van der Waals surface area contributed by atoms with E-state index in [9.17, 15) is 18.0 Å². The van der Waals surface area contributed by atoms with Gasteiger partial charge in [0.1, 0.15) is 0 Å². The number of benzene rings is 2. The summed E-state index contributed by atoms with van der Waals surface area (Å²) in [5, 5.41) is 2.61. The monoisotopic (exact) mass is 482 g/mol. The molecule has 0 unspecified atom stereocenters. The van der Waals surface area contributed by atoms with Crippen LogP contribution in [-0.2, 0) is 19.6 Å². The summed E-state index contributed by atoms with van der Waals surface area (Å²) >= 11 is 3.28. The molecule has 0 aliphatic heterocycles. The molecule has 156 valence electrons. The first-order valence-electron chi connectivity index (χ1n) is 9.02. The lowest BCUT2D eigenvalue weighted by Gasteiger charge is -2.19. The largest absolute Gasteiger partial charge is 0.452 e. The van der Waals surface area contributed by atoms with Gasteiger partial charge in [-0.15, -0.1) is 0 Å². The van der Waals surface area contributed by atoms with Gasteiger partial charge in [0.05, 0.1) is 10.5 Å². The molecule has 0 fully saturated rings. The fourth-order valence-corrected chi connectivity index (χ4v) is 4.34. The first kappa shape index (κ1) is 23.1. The molecule has 7 nitrogen and oxygen atoms in total. The number of rotatable bonds is 8. The minimum Gasteiger partial charge on any atom is -0.452 e. The number of halogens is 1. The number of amides is 1. The van der Waals surface area contributed by atoms with E-state index < -0.39 is 28.5 Å². The van der Waals surface area contributed by atoms with Crippen LogP contribution in [0.1, 0.15) is 29.8 Å². The van der Waals surface area contributed by atoms with Crippen LogP contribution in [0, 0.1) is 6.92 Å². The normalized spacial score (nSPS) is 11.3. The van der Waals surface area contributed by atoms with Gasteiger partial charge < -0.3 is 10.1 Å². The van der Waals surface area contributed by atoms with Crippen LogP contribution in [-0.4, -0.2) is 44.3 Å². The number of carbonyl (C=O) groups excluding carboxylic acids is 2. The van der Waals surface area contributed by atoms with Gasteiger partial charge in [0.2, 0.25) is 10.0 Å². The van der Waals surface area contributed by atoms with E-state index in [0.29, 0.717) is 29.9 Å². The van der Waals surface area contributed by atoms with E-state index in [-0.39, 0.29) is 4.90 Å². The third-order valence-electron chi connectivity index (χ3n) is 4.24. The average Bonchev–Trinajstić information content (AvgIpc) is 2.69. The first-order valence-corrected chi connectivity index (χ1v) is 11.3. The zero-order chi connectivity index (χ0) is 21.6. The number of nitrogens with one attached hydrogen (secondary N) is 1. The molecule has 0 radical (unpaired) electrons. The second kappa shape index (κ2) is 10.00. The molecule has 1 N–H and O–H groups in total. The lowest BCUT2D eigenvalue weighted by atomic mass is 10.2. The maximum atomic E-state index is 12.7. The van der Waals surface area contributed by atoms with Crippen molar-refractivity contribution >= 4 is 43.5 Å². The van der Waals surface area contributed by atoms with E-state index >= 15 is 0 Å². The van der Waals surface area contributed by atoms with Crippen LogP contribution < -0.4 is 5.32 Å². The Morgan fingerprint density at radius 3 is 2.28 bits per heavy atom. The molecule has 2 aromatic rings. The highest BCUT2D eigenvalue weighted by Crippen LogP contribution is 2.23. The number of esters is 1. The van der Waals surface area contributed by atoms with Gasteiger partial charge in [0.15, 0.2) is 6.61 Å². The standard InChI is InChI=1S/C20H23BrN2O5S/c1-4-23(5-2)29(26,27)17-11-6-14(3)18(12-17)22-19(24)13-28-20(25)15-7-9-16(21)10-8-15/h6-12H,4-5,13H2,1-3H3,(H,22,24). The Morgan fingerprint density at radius 2 is 1.69 bits per heavy atom.